The molecule has 0 unspecified atom stereocenters. The van der Waals surface area contributed by atoms with Crippen LogP contribution < -0.4 is 0 Å². The Morgan fingerprint density at radius 3 is 2.56 bits per heavy atom. The molecule has 2 heterocycles. The van der Waals surface area contributed by atoms with Gasteiger partial charge in [0.2, 0.25) is 0 Å². The molecule has 0 amide bonds. The van der Waals surface area contributed by atoms with Gasteiger partial charge in [-0.25, -0.2) is 9.97 Å². The number of nitro benzene ring substituents is 1. The second-order valence-corrected chi connectivity index (χ2v) is 5.77. The Kier molecular flexibility index (Phi) is 3.66. The molecule has 4 rings (SSSR count). The first kappa shape index (κ1) is 15.3. The molecule has 0 radical (unpaired) electrons. The minimum atomic E-state index is -0.421. The van der Waals surface area contributed by atoms with Crippen molar-refractivity contribution in [1.82, 2.24) is 15.0 Å². The van der Waals surface area contributed by atoms with Crippen LogP contribution in [0.1, 0.15) is 0 Å². The summed E-state index contributed by atoms with van der Waals surface area (Å²) in [6, 6.07) is 14.1. The number of hydrogen-bond donors (Lipinski definition) is 1. The molecule has 2 aromatic carbocycles. The number of benzene rings is 2. The maximum Gasteiger partial charge on any atom is 0.270 e. The third kappa shape index (κ3) is 2.62. The molecule has 0 saturated heterocycles. The van der Waals surface area contributed by atoms with E-state index in [9.17, 15) is 10.1 Å². The number of nitrogens with one attached hydrogen (secondary N) is 1. The summed E-state index contributed by atoms with van der Waals surface area (Å²) < 4.78 is 0. The number of pyridine rings is 1. The van der Waals surface area contributed by atoms with Crippen LogP contribution in [0.4, 0.5) is 5.69 Å². The predicted molar refractivity (Wildman–Crippen MR) is 96.4 cm³/mol. The minimum absolute atomic E-state index is 0.000742. The molecule has 0 bridgehead atoms. The van der Waals surface area contributed by atoms with Crippen molar-refractivity contribution >= 4 is 28.2 Å². The molecule has 0 fully saturated rings. The first-order valence-corrected chi connectivity index (χ1v) is 7.86. The number of rotatable bonds is 3. The summed E-state index contributed by atoms with van der Waals surface area (Å²) in [5, 5.41) is 12.1. The summed E-state index contributed by atoms with van der Waals surface area (Å²) in [5.74, 6) is 0.560. The lowest BCUT2D eigenvalue weighted by atomic mass is 9.95. The van der Waals surface area contributed by atoms with Crippen molar-refractivity contribution in [3.8, 4) is 22.5 Å². The zero-order valence-corrected chi connectivity index (χ0v) is 13.6. The number of nitrogens with zero attached hydrogens (tertiary/aromatic N) is 3. The normalized spacial score (nSPS) is 10.9. The van der Waals surface area contributed by atoms with Gasteiger partial charge in [-0.15, -0.1) is 0 Å². The monoisotopic (exact) mass is 350 g/mol. The van der Waals surface area contributed by atoms with Crippen LogP contribution in [0.25, 0.3) is 33.4 Å². The van der Waals surface area contributed by atoms with Gasteiger partial charge in [0.05, 0.1) is 16.0 Å². The molecule has 122 valence electrons. The molecular formula is C18H11ClN4O2. The highest BCUT2D eigenvalue weighted by molar-refractivity contribution is 6.33. The predicted octanol–water partition coefficient (Wildman–Crippen LogP) is 4.85. The molecule has 0 saturated carbocycles. The van der Waals surface area contributed by atoms with Crippen molar-refractivity contribution < 1.29 is 4.92 Å². The van der Waals surface area contributed by atoms with Gasteiger partial charge in [-0.1, -0.05) is 41.9 Å². The lowest BCUT2D eigenvalue weighted by Gasteiger charge is -2.13. The van der Waals surface area contributed by atoms with E-state index in [2.05, 4.69) is 15.0 Å². The summed E-state index contributed by atoms with van der Waals surface area (Å²) in [7, 11) is 0. The summed E-state index contributed by atoms with van der Waals surface area (Å²) >= 11 is 6.45. The van der Waals surface area contributed by atoms with E-state index in [1.54, 1.807) is 18.5 Å². The molecule has 0 spiro atoms. The van der Waals surface area contributed by atoms with E-state index in [0.717, 1.165) is 11.1 Å². The fourth-order valence-corrected chi connectivity index (χ4v) is 3.13. The number of non-ortho nitro benzene ring substituents is 1. The summed E-state index contributed by atoms with van der Waals surface area (Å²) in [6.07, 6.45) is 3.32. The molecule has 25 heavy (non-hydrogen) atoms. The van der Waals surface area contributed by atoms with Crippen molar-refractivity contribution in [2.45, 2.75) is 0 Å². The van der Waals surface area contributed by atoms with Gasteiger partial charge in [-0.05, 0) is 11.6 Å². The van der Waals surface area contributed by atoms with Crippen molar-refractivity contribution in [3.05, 3.63) is 76.2 Å². The van der Waals surface area contributed by atoms with Gasteiger partial charge < -0.3 is 4.98 Å². The highest BCUT2D eigenvalue weighted by atomic mass is 35.5. The Bertz CT molecular complexity index is 1080. The van der Waals surface area contributed by atoms with Gasteiger partial charge in [0, 0.05) is 35.5 Å². The van der Waals surface area contributed by atoms with Crippen LogP contribution in [-0.4, -0.2) is 19.9 Å². The van der Waals surface area contributed by atoms with Crippen LogP contribution in [0.5, 0.6) is 0 Å². The molecular weight excluding hydrogens is 340 g/mol. The Balaban J connectivity index is 2.16. The van der Waals surface area contributed by atoms with Crippen molar-refractivity contribution in [1.29, 1.82) is 0 Å². The molecule has 1 N–H and O–H groups in total. The van der Waals surface area contributed by atoms with E-state index < -0.39 is 4.92 Å². The summed E-state index contributed by atoms with van der Waals surface area (Å²) in [6.45, 7) is 0. The highest BCUT2D eigenvalue weighted by Gasteiger charge is 2.20. The Morgan fingerprint density at radius 1 is 1.08 bits per heavy atom. The maximum absolute atomic E-state index is 11.2. The maximum atomic E-state index is 11.2. The number of nitro groups is 1. The third-order valence-corrected chi connectivity index (χ3v) is 4.21. The molecule has 2 aromatic heterocycles. The second kappa shape index (κ2) is 5.99. The van der Waals surface area contributed by atoms with Gasteiger partial charge in [0.25, 0.3) is 5.69 Å². The SMILES string of the molecule is O=[N+]([O-])c1ccc2nc(Cl)c(-c3ncc[nH]3)c(-c3ccccc3)c2c1. The van der Waals surface area contributed by atoms with Crippen LogP contribution >= 0.6 is 11.6 Å². The van der Waals surface area contributed by atoms with E-state index >= 15 is 0 Å². The van der Waals surface area contributed by atoms with E-state index in [-0.39, 0.29) is 10.8 Å². The number of imidazole rings is 1. The zero-order valence-electron chi connectivity index (χ0n) is 12.8. The van der Waals surface area contributed by atoms with Gasteiger partial charge in [-0.2, -0.15) is 0 Å². The Labute approximate surface area is 147 Å². The second-order valence-electron chi connectivity index (χ2n) is 5.41. The fraction of sp³-hybridized carbons (Fsp3) is 0. The molecule has 0 aliphatic heterocycles. The Morgan fingerprint density at radius 2 is 1.88 bits per heavy atom. The first-order chi connectivity index (χ1) is 12.1. The largest absolute Gasteiger partial charge is 0.345 e. The van der Waals surface area contributed by atoms with E-state index in [4.69, 9.17) is 11.6 Å². The third-order valence-electron chi connectivity index (χ3n) is 3.93. The number of aromatic nitrogens is 3. The average molecular weight is 351 g/mol. The first-order valence-electron chi connectivity index (χ1n) is 7.48. The average Bonchev–Trinajstić information content (AvgIpc) is 3.15. The number of H-pyrrole nitrogens is 1. The fourth-order valence-electron chi connectivity index (χ4n) is 2.86. The zero-order chi connectivity index (χ0) is 17.4. The molecule has 0 aliphatic carbocycles. The molecule has 7 heteroatoms. The van der Waals surface area contributed by atoms with E-state index in [1.807, 2.05) is 30.3 Å². The number of aromatic amines is 1. The molecule has 4 aromatic rings. The lowest BCUT2D eigenvalue weighted by Crippen LogP contribution is -1.95. The van der Waals surface area contributed by atoms with E-state index in [1.165, 1.54) is 12.1 Å². The Hall–Kier alpha value is -3.25. The van der Waals surface area contributed by atoms with Crippen LogP contribution in [-0.2, 0) is 0 Å². The van der Waals surface area contributed by atoms with Crippen molar-refractivity contribution in [3.63, 3.8) is 0 Å². The van der Waals surface area contributed by atoms with E-state index in [0.29, 0.717) is 22.3 Å². The van der Waals surface area contributed by atoms with Gasteiger partial charge in [0.1, 0.15) is 11.0 Å². The molecule has 6 nitrogen and oxygen atoms in total. The topological polar surface area (TPSA) is 84.7 Å². The van der Waals surface area contributed by atoms with Gasteiger partial charge in [0.15, 0.2) is 0 Å². The van der Waals surface area contributed by atoms with Crippen molar-refractivity contribution in [2.24, 2.45) is 0 Å². The highest BCUT2D eigenvalue weighted by Crippen LogP contribution is 2.40. The van der Waals surface area contributed by atoms with Crippen LogP contribution in [0, 0.1) is 10.1 Å². The number of halogens is 1. The lowest BCUT2D eigenvalue weighted by molar-refractivity contribution is -0.384. The van der Waals surface area contributed by atoms with Gasteiger partial charge in [-0.3, -0.25) is 10.1 Å². The minimum Gasteiger partial charge on any atom is -0.345 e. The van der Waals surface area contributed by atoms with Crippen molar-refractivity contribution in [2.75, 3.05) is 0 Å². The molecule has 0 atom stereocenters. The summed E-state index contributed by atoms with van der Waals surface area (Å²) in [4.78, 5) is 22.5. The molecule has 0 aliphatic rings. The van der Waals surface area contributed by atoms with Crippen LogP contribution in [0.15, 0.2) is 60.9 Å². The van der Waals surface area contributed by atoms with Crippen LogP contribution in [0.2, 0.25) is 5.15 Å². The summed E-state index contributed by atoms with van der Waals surface area (Å²) in [5.41, 5.74) is 2.84. The number of hydrogen-bond acceptors (Lipinski definition) is 4. The number of fused-ring (bicyclic) bond motifs is 1. The quantitative estimate of drug-likeness (QED) is 0.325. The van der Waals surface area contributed by atoms with Crippen LogP contribution in [0.3, 0.4) is 0 Å². The standard InChI is InChI=1S/C18H11ClN4O2/c19-17-16(18-20-8-9-21-18)15(11-4-2-1-3-5-11)13-10-12(23(24)25)6-7-14(13)22-17/h1-10H,(H,20,21). The van der Waals surface area contributed by atoms with Gasteiger partial charge >= 0.3 is 0 Å². The smallest absolute Gasteiger partial charge is 0.270 e.